The zero-order valence-corrected chi connectivity index (χ0v) is 12.8. The number of halogens is 2. The summed E-state index contributed by atoms with van der Waals surface area (Å²) in [5, 5.41) is 3.03. The van der Waals surface area contributed by atoms with Crippen molar-refractivity contribution in [2.24, 2.45) is 11.8 Å². The van der Waals surface area contributed by atoms with Gasteiger partial charge in [-0.2, -0.15) is 0 Å². The first kappa shape index (κ1) is 14.5. The molecule has 1 amide bonds. The Bertz CT molecular complexity index is 477. The van der Waals surface area contributed by atoms with Crippen molar-refractivity contribution in [2.45, 2.75) is 39.2 Å². The minimum atomic E-state index is -0.404. The Morgan fingerprint density at radius 3 is 2.79 bits per heavy atom. The number of benzene rings is 1. The smallest absolute Gasteiger partial charge is 0.251 e. The molecule has 19 heavy (non-hydrogen) atoms. The van der Waals surface area contributed by atoms with Crippen LogP contribution in [0.1, 0.15) is 43.5 Å². The van der Waals surface area contributed by atoms with Crippen LogP contribution in [0.5, 0.6) is 0 Å². The fourth-order valence-corrected chi connectivity index (χ4v) is 3.16. The SMILES string of the molecule is CCC1CCC(NC(=O)c2ccc(Br)c(F)c2)C1C. The molecule has 104 valence electrons. The standard InChI is InChI=1S/C15H19BrFNO/c1-3-10-5-7-14(9(10)2)18-15(19)11-4-6-12(16)13(17)8-11/h4,6,8-10,14H,3,5,7H2,1-2H3,(H,18,19). The van der Waals surface area contributed by atoms with Crippen LogP contribution in [0, 0.1) is 17.7 Å². The lowest BCUT2D eigenvalue weighted by molar-refractivity contribution is 0.0926. The third kappa shape index (κ3) is 3.16. The maximum Gasteiger partial charge on any atom is 0.251 e. The summed E-state index contributed by atoms with van der Waals surface area (Å²) < 4.78 is 13.8. The van der Waals surface area contributed by atoms with E-state index in [-0.39, 0.29) is 11.9 Å². The summed E-state index contributed by atoms with van der Waals surface area (Å²) >= 11 is 3.09. The third-order valence-electron chi connectivity index (χ3n) is 4.25. The monoisotopic (exact) mass is 327 g/mol. The molecule has 1 aromatic carbocycles. The highest BCUT2D eigenvalue weighted by Crippen LogP contribution is 2.34. The molecule has 3 atom stereocenters. The van der Waals surface area contributed by atoms with Gasteiger partial charge in [0.05, 0.1) is 4.47 Å². The zero-order valence-electron chi connectivity index (χ0n) is 11.2. The lowest BCUT2D eigenvalue weighted by atomic mass is 9.93. The van der Waals surface area contributed by atoms with Crippen molar-refractivity contribution in [2.75, 3.05) is 0 Å². The molecule has 1 aromatic rings. The minimum absolute atomic E-state index is 0.181. The number of nitrogens with one attached hydrogen (secondary N) is 1. The average molecular weight is 328 g/mol. The molecule has 1 aliphatic carbocycles. The van der Waals surface area contributed by atoms with Crippen LogP contribution in [0.2, 0.25) is 0 Å². The molecule has 0 saturated heterocycles. The van der Waals surface area contributed by atoms with E-state index in [1.807, 2.05) is 0 Å². The average Bonchev–Trinajstić information content (AvgIpc) is 2.73. The topological polar surface area (TPSA) is 29.1 Å². The van der Waals surface area contributed by atoms with Gasteiger partial charge in [-0.05, 0) is 58.8 Å². The van der Waals surface area contributed by atoms with Crippen molar-refractivity contribution in [3.63, 3.8) is 0 Å². The Morgan fingerprint density at radius 1 is 1.47 bits per heavy atom. The van der Waals surface area contributed by atoms with Crippen LogP contribution in [-0.2, 0) is 0 Å². The molecule has 0 spiro atoms. The van der Waals surface area contributed by atoms with Crippen molar-refractivity contribution >= 4 is 21.8 Å². The molecule has 0 aliphatic heterocycles. The van der Waals surface area contributed by atoms with Gasteiger partial charge in [-0.25, -0.2) is 4.39 Å². The first-order valence-corrected chi connectivity index (χ1v) is 7.58. The predicted octanol–water partition coefficient (Wildman–Crippen LogP) is 4.14. The number of carbonyl (C=O) groups is 1. The maximum absolute atomic E-state index is 13.4. The van der Waals surface area contributed by atoms with Crippen LogP contribution in [0.4, 0.5) is 4.39 Å². The molecule has 1 fully saturated rings. The van der Waals surface area contributed by atoms with Crippen LogP contribution in [0.25, 0.3) is 0 Å². The van der Waals surface area contributed by atoms with Gasteiger partial charge in [0.1, 0.15) is 5.82 Å². The van der Waals surface area contributed by atoms with Crippen LogP contribution >= 0.6 is 15.9 Å². The summed E-state index contributed by atoms with van der Waals surface area (Å²) in [5.74, 6) is 0.597. The maximum atomic E-state index is 13.4. The minimum Gasteiger partial charge on any atom is -0.349 e. The molecule has 0 radical (unpaired) electrons. The van der Waals surface area contributed by atoms with Crippen molar-refractivity contribution in [3.8, 4) is 0 Å². The number of hydrogen-bond donors (Lipinski definition) is 1. The van der Waals surface area contributed by atoms with Crippen LogP contribution in [0.15, 0.2) is 22.7 Å². The molecule has 3 unspecified atom stereocenters. The lowest BCUT2D eigenvalue weighted by Crippen LogP contribution is -2.37. The van der Waals surface area contributed by atoms with Crippen molar-refractivity contribution in [3.05, 3.63) is 34.1 Å². The van der Waals surface area contributed by atoms with Gasteiger partial charge < -0.3 is 5.32 Å². The molecule has 0 heterocycles. The van der Waals surface area contributed by atoms with Crippen molar-refractivity contribution in [1.82, 2.24) is 5.32 Å². The highest BCUT2D eigenvalue weighted by Gasteiger charge is 2.32. The summed E-state index contributed by atoms with van der Waals surface area (Å²) in [6.07, 6.45) is 3.34. The fraction of sp³-hybridized carbons (Fsp3) is 0.533. The fourth-order valence-electron chi connectivity index (χ4n) is 2.92. The molecule has 2 rings (SSSR count). The summed E-state index contributed by atoms with van der Waals surface area (Å²) in [7, 11) is 0. The van der Waals surface area contributed by atoms with Gasteiger partial charge in [0.2, 0.25) is 0 Å². The molecular weight excluding hydrogens is 309 g/mol. The third-order valence-corrected chi connectivity index (χ3v) is 4.89. The molecule has 0 bridgehead atoms. The Morgan fingerprint density at radius 2 is 2.21 bits per heavy atom. The number of carbonyl (C=O) groups excluding carboxylic acids is 1. The molecule has 1 N–H and O–H groups in total. The molecule has 1 aliphatic rings. The Kier molecular flexibility index (Phi) is 4.61. The van der Waals surface area contributed by atoms with E-state index < -0.39 is 5.82 Å². The Balaban J connectivity index is 2.03. The number of hydrogen-bond acceptors (Lipinski definition) is 1. The van der Waals surface area contributed by atoms with E-state index >= 15 is 0 Å². The molecular formula is C15H19BrFNO. The molecule has 2 nitrogen and oxygen atoms in total. The molecule has 0 aromatic heterocycles. The lowest BCUT2D eigenvalue weighted by Gasteiger charge is -2.21. The first-order valence-electron chi connectivity index (χ1n) is 6.78. The Hall–Kier alpha value is -0.900. The van der Waals surface area contributed by atoms with Crippen LogP contribution < -0.4 is 5.32 Å². The van der Waals surface area contributed by atoms with Crippen molar-refractivity contribution < 1.29 is 9.18 Å². The molecule has 1 saturated carbocycles. The highest BCUT2D eigenvalue weighted by molar-refractivity contribution is 9.10. The highest BCUT2D eigenvalue weighted by atomic mass is 79.9. The van der Waals surface area contributed by atoms with Gasteiger partial charge in [-0.3, -0.25) is 4.79 Å². The van der Waals surface area contributed by atoms with Gasteiger partial charge in [0.25, 0.3) is 5.91 Å². The van der Waals surface area contributed by atoms with E-state index in [1.54, 1.807) is 12.1 Å². The van der Waals surface area contributed by atoms with Gasteiger partial charge in [0, 0.05) is 11.6 Å². The Labute approximate surface area is 121 Å². The zero-order chi connectivity index (χ0) is 14.0. The second-order valence-corrected chi connectivity index (χ2v) is 6.17. The quantitative estimate of drug-likeness (QED) is 0.888. The normalized spacial score (nSPS) is 26.4. The van der Waals surface area contributed by atoms with Gasteiger partial charge in [0.15, 0.2) is 0 Å². The summed E-state index contributed by atoms with van der Waals surface area (Å²) in [5.41, 5.74) is 0.382. The second kappa shape index (κ2) is 6.04. The van der Waals surface area contributed by atoms with Gasteiger partial charge in [-0.15, -0.1) is 0 Å². The number of rotatable bonds is 3. The van der Waals surface area contributed by atoms with E-state index in [0.717, 1.165) is 19.3 Å². The van der Waals surface area contributed by atoms with E-state index in [9.17, 15) is 9.18 Å². The van der Waals surface area contributed by atoms with E-state index in [0.29, 0.717) is 21.9 Å². The molecule has 4 heteroatoms. The second-order valence-electron chi connectivity index (χ2n) is 5.31. The van der Waals surface area contributed by atoms with Crippen LogP contribution in [0.3, 0.4) is 0 Å². The van der Waals surface area contributed by atoms with E-state index in [4.69, 9.17) is 0 Å². The number of amides is 1. The van der Waals surface area contributed by atoms with Crippen molar-refractivity contribution in [1.29, 1.82) is 0 Å². The van der Waals surface area contributed by atoms with E-state index in [2.05, 4.69) is 35.1 Å². The summed E-state index contributed by atoms with van der Waals surface area (Å²) in [4.78, 5) is 12.1. The predicted molar refractivity (Wildman–Crippen MR) is 77.5 cm³/mol. The van der Waals surface area contributed by atoms with Crippen LogP contribution in [-0.4, -0.2) is 11.9 Å². The first-order chi connectivity index (χ1) is 9.02. The largest absolute Gasteiger partial charge is 0.349 e. The van der Waals surface area contributed by atoms with Gasteiger partial charge in [-0.1, -0.05) is 20.3 Å². The summed E-state index contributed by atoms with van der Waals surface area (Å²) in [6, 6.07) is 4.69. The van der Waals surface area contributed by atoms with Gasteiger partial charge >= 0.3 is 0 Å². The van der Waals surface area contributed by atoms with E-state index in [1.165, 1.54) is 6.07 Å². The summed E-state index contributed by atoms with van der Waals surface area (Å²) in [6.45, 7) is 4.38.